The molecule has 0 bridgehead atoms. The van der Waals surface area contributed by atoms with Gasteiger partial charge in [-0.25, -0.2) is 0 Å². The van der Waals surface area contributed by atoms with Gasteiger partial charge in [-0.2, -0.15) is 11.3 Å². The van der Waals surface area contributed by atoms with Crippen LogP contribution in [0.1, 0.15) is 31.7 Å². The number of hydrogen-bond acceptors (Lipinski definition) is 2. The van der Waals surface area contributed by atoms with Crippen molar-refractivity contribution in [1.29, 1.82) is 0 Å². The first-order valence-corrected chi connectivity index (χ1v) is 6.48. The molecule has 0 aliphatic heterocycles. The van der Waals surface area contributed by atoms with Crippen LogP contribution in [0.15, 0.2) is 16.8 Å². The summed E-state index contributed by atoms with van der Waals surface area (Å²) in [5.41, 5.74) is 7.68. The van der Waals surface area contributed by atoms with Crippen LogP contribution in [0.3, 0.4) is 0 Å². The molecule has 2 heteroatoms. The maximum atomic E-state index is 6.27. The summed E-state index contributed by atoms with van der Waals surface area (Å²) >= 11 is 1.77. The lowest BCUT2D eigenvalue weighted by Gasteiger charge is -2.22. The highest BCUT2D eigenvalue weighted by molar-refractivity contribution is 7.07. The smallest absolute Gasteiger partial charge is 0.0111 e. The third-order valence-electron chi connectivity index (χ3n) is 3.53. The topological polar surface area (TPSA) is 26.0 Å². The monoisotopic (exact) mass is 209 g/mol. The minimum absolute atomic E-state index is 0.377. The van der Waals surface area contributed by atoms with Crippen molar-refractivity contribution < 1.29 is 0 Å². The van der Waals surface area contributed by atoms with Gasteiger partial charge in [0.1, 0.15) is 0 Å². The normalized spacial score (nSPS) is 29.3. The Morgan fingerprint density at radius 2 is 2.43 bits per heavy atom. The zero-order valence-corrected chi connectivity index (χ0v) is 9.59. The van der Waals surface area contributed by atoms with Crippen LogP contribution in [-0.4, -0.2) is 6.04 Å². The standard InChI is InChI=1S/C12H19NS/c1-9-3-2-4-11(9)12(13)7-10-5-6-14-8-10/h5-6,8-9,11-12H,2-4,7,13H2,1H3. The van der Waals surface area contributed by atoms with Gasteiger partial charge in [0.05, 0.1) is 0 Å². The Bertz CT molecular complexity index is 268. The van der Waals surface area contributed by atoms with Gasteiger partial charge in [-0.05, 0) is 47.1 Å². The Hall–Kier alpha value is -0.340. The maximum Gasteiger partial charge on any atom is 0.0111 e. The van der Waals surface area contributed by atoms with Crippen LogP contribution in [-0.2, 0) is 6.42 Å². The van der Waals surface area contributed by atoms with Gasteiger partial charge in [0.2, 0.25) is 0 Å². The maximum absolute atomic E-state index is 6.27. The molecule has 14 heavy (non-hydrogen) atoms. The molecule has 0 saturated heterocycles. The second kappa shape index (κ2) is 4.45. The Morgan fingerprint density at radius 1 is 1.57 bits per heavy atom. The quantitative estimate of drug-likeness (QED) is 0.813. The molecule has 0 amide bonds. The molecule has 0 radical (unpaired) electrons. The molecule has 0 aromatic carbocycles. The highest BCUT2D eigenvalue weighted by Gasteiger charge is 2.28. The largest absolute Gasteiger partial charge is 0.327 e. The van der Waals surface area contributed by atoms with Crippen molar-refractivity contribution in [3.8, 4) is 0 Å². The molecule has 78 valence electrons. The summed E-state index contributed by atoms with van der Waals surface area (Å²) in [5, 5.41) is 4.36. The van der Waals surface area contributed by atoms with Gasteiger partial charge in [0.15, 0.2) is 0 Å². The first-order chi connectivity index (χ1) is 6.77. The summed E-state index contributed by atoms with van der Waals surface area (Å²) in [5.74, 6) is 1.60. The van der Waals surface area contributed by atoms with Gasteiger partial charge < -0.3 is 5.73 Å². The molecule has 1 aliphatic carbocycles. The average Bonchev–Trinajstić information content (AvgIpc) is 2.75. The molecule has 1 aromatic heterocycles. The van der Waals surface area contributed by atoms with Crippen LogP contribution in [0.4, 0.5) is 0 Å². The lowest BCUT2D eigenvalue weighted by atomic mass is 9.88. The van der Waals surface area contributed by atoms with E-state index in [1.165, 1.54) is 24.8 Å². The lowest BCUT2D eigenvalue weighted by Crippen LogP contribution is -2.33. The Balaban J connectivity index is 1.92. The van der Waals surface area contributed by atoms with Crippen LogP contribution in [0.5, 0.6) is 0 Å². The fourth-order valence-electron chi connectivity index (χ4n) is 2.64. The highest BCUT2D eigenvalue weighted by Crippen LogP contribution is 2.33. The summed E-state index contributed by atoms with van der Waals surface area (Å²) in [6.45, 7) is 2.35. The Morgan fingerprint density at radius 3 is 3.00 bits per heavy atom. The molecule has 1 aromatic rings. The second-order valence-corrected chi connectivity index (χ2v) is 5.35. The van der Waals surface area contributed by atoms with Crippen molar-refractivity contribution in [2.45, 2.75) is 38.6 Å². The van der Waals surface area contributed by atoms with Gasteiger partial charge in [0, 0.05) is 6.04 Å². The number of thiophene rings is 1. The van der Waals surface area contributed by atoms with Crippen molar-refractivity contribution in [2.24, 2.45) is 17.6 Å². The number of hydrogen-bond donors (Lipinski definition) is 1. The molecule has 1 saturated carbocycles. The third-order valence-corrected chi connectivity index (χ3v) is 4.26. The first kappa shape index (κ1) is 10.2. The summed E-state index contributed by atoms with van der Waals surface area (Å²) in [6.07, 6.45) is 5.16. The van der Waals surface area contributed by atoms with Crippen LogP contribution in [0.25, 0.3) is 0 Å². The van der Waals surface area contributed by atoms with E-state index in [2.05, 4.69) is 23.8 Å². The molecular weight excluding hydrogens is 190 g/mol. The minimum atomic E-state index is 0.377. The molecule has 2 N–H and O–H groups in total. The van der Waals surface area contributed by atoms with E-state index in [9.17, 15) is 0 Å². The van der Waals surface area contributed by atoms with E-state index in [0.29, 0.717) is 6.04 Å². The van der Waals surface area contributed by atoms with Crippen molar-refractivity contribution in [3.63, 3.8) is 0 Å². The van der Waals surface area contributed by atoms with E-state index in [1.54, 1.807) is 11.3 Å². The van der Waals surface area contributed by atoms with E-state index in [4.69, 9.17) is 5.73 Å². The van der Waals surface area contributed by atoms with Crippen LogP contribution >= 0.6 is 11.3 Å². The molecule has 3 unspecified atom stereocenters. The van der Waals surface area contributed by atoms with Crippen molar-refractivity contribution >= 4 is 11.3 Å². The van der Waals surface area contributed by atoms with E-state index >= 15 is 0 Å². The molecular formula is C12H19NS. The Labute approximate surface area is 90.3 Å². The minimum Gasteiger partial charge on any atom is -0.327 e. The SMILES string of the molecule is CC1CCCC1C(N)Cc1ccsc1. The van der Waals surface area contributed by atoms with Crippen molar-refractivity contribution in [1.82, 2.24) is 0 Å². The number of rotatable bonds is 3. The number of nitrogens with two attached hydrogens (primary N) is 1. The average molecular weight is 209 g/mol. The highest BCUT2D eigenvalue weighted by atomic mass is 32.1. The molecule has 1 fully saturated rings. The molecule has 1 aliphatic rings. The van der Waals surface area contributed by atoms with Gasteiger partial charge >= 0.3 is 0 Å². The zero-order chi connectivity index (χ0) is 9.97. The second-order valence-electron chi connectivity index (χ2n) is 4.57. The van der Waals surface area contributed by atoms with Crippen molar-refractivity contribution in [2.75, 3.05) is 0 Å². The Kier molecular flexibility index (Phi) is 3.24. The summed E-state index contributed by atoms with van der Waals surface area (Å²) in [7, 11) is 0. The predicted molar refractivity (Wildman–Crippen MR) is 62.5 cm³/mol. The fourth-order valence-corrected chi connectivity index (χ4v) is 3.32. The molecule has 1 nitrogen and oxygen atoms in total. The van der Waals surface area contributed by atoms with Gasteiger partial charge in [-0.1, -0.05) is 19.8 Å². The van der Waals surface area contributed by atoms with Gasteiger partial charge in [-0.15, -0.1) is 0 Å². The van der Waals surface area contributed by atoms with E-state index in [1.807, 2.05) is 0 Å². The first-order valence-electron chi connectivity index (χ1n) is 5.54. The molecule has 0 spiro atoms. The summed E-state index contributed by atoms with van der Waals surface area (Å²) in [4.78, 5) is 0. The van der Waals surface area contributed by atoms with E-state index in [-0.39, 0.29) is 0 Å². The third kappa shape index (κ3) is 2.18. The van der Waals surface area contributed by atoms with Crippen LogP contribution in [0, 0.1) is 11.8 Å². The predicted octanol–water partition coefficient (Wildman–Crippen LogP) is 3.05. The van der Waals surface area contributed by atoms with E-state index in [0.717, 1.165) is 18.3 Å². The zero-order valence-electron chi connectivity index (χ0n) is 8.78. The van der Waals surface area contributed by atoms with Gasteiger partial charge in [0.25, 0.3) is 0 Å². The molecule has 2 rings (SSSR count). The van der Waals surface area contributed by atoms with Crippen LogP contribution in [0.2, 0.25) is 0 Å². The van der Waals surface area contributed by atoms with Crippen LogP contribution < -0.4 is 5.73 Å². The molecule has 1 heterocycles. The van der Waals surface area contributed by atoms with Crippen molar-refractivity contribution in [3.05, 3.63) is 22.4 Å². The summed E-state index contributed by atoms with van der Waals surface area (Å²) in [6, 6.07) is 2.58. The fraction of sp³-hybridized carbons (Fsp3) is 0.667. The van der Waals surface area contributed by atoms with Gasteiger partial charge in [-0.3, -0.25) is 0 Å². The van der Waals surface area contributed by atoms with E-state index < -0.39 is 0 Å². The molecule has 3 atom stereocenters. The summed E-state index contributed by atoms with van der Waals surface area (Å²) < 4.78 is 0. The lowest BCUT2D eigenvalue weighted by molar-refractivity contribution is 0.343.